The normalized spacial score (nSPS) is 16.8. The minimum atomic E-state index is -0.151. The molecule has 26 heavy (non-hydrogen) atoms. The van der Waals surface area contributed by atoms with Crippen molar-refractivity contribution in [2.24, 2.45) is 0 Å². The van der Waals surface area contributed by atoms with Crippen molar-refractivity contribution in [3.05, 3.63) is 59.2 Å². The minimum Gasteiger partial charge on any atom is -0.326 e. The summed E-state index contributed by atoms with van der Waals surface area (Å²) in [4.78, 5) is 27.0. The van der Waals surface area contributed by atoms with Crippen molar-refractivity contribution < 1.29 is 9.59 Å². The smallest absolute Gasteiger partial charge is 0.231 e. The molecule has 0 aliphatic carbocycles. The van der Waals surface area contributed by atoms with Gasteiger partial charge in [0, 0.05) is 18.7 Å². The van der Waals surface area contributed by atoms with Gasteiger partial charge < -0.3 is 10.2 Å². The fraction of sp³-hybridized carbons (Fsp3) is 0.364. The number of rotatable bonds is 4. The van der Waals surface area contributed by atoms with Gasteiger partial charge in [-0.3, -0.25) is 9.59 Å². The van der Waals surface area contributed by atoms with E-state index < -0.39 is 0 Å². The molecule has 2 aliphatic heterocycles. The van der Waals surface area contributed by atoms with Gasteiger partial charge in [-0.2, -0.15) is 0 Å². The Balaban J connectivity index is 1.61. The van der Waals surface area contributed by atoms with Crippen LogP contribution < -0.4 is 10.2 Å². The third-order valence-electron chi connectivity index (χ3n) is 5.47. The van der Waals surface area contributed by atoms with Crippen molar-refractivity contribution >= 4 is 23.2 Å². The summed E-state index contributed by atoms with van der Waals surface area (Å²) in [6.45, 7) is 2.85. The number of amides is 2. The number of hydrogen-bond acceptors (Lipinski definition) is 2. The van der Waals surface area contributed by atoms with Crippen LogP contribution in [0.2, 0.25) is 0 Å². The van der Waals surface area contributed by atoms with Crippen LogP contribution in [0.1, 0.15) is 48.8 Å². The van der Waals surface area contributed by atoms with Crippen LogP contribution in [0.25, 0.3) is 0 Å². The Kier molecular flexibility index (Phi) is 4.49. The molecule has 2 amide bonds. The molecule has 0 fully saturated rings. The Morgan fingerprint density at radius 3 is 2.58 bits per heavy atom. The predicted octanol–water partition coefficient (Wildman–Crippen LogP) is 4.04. The van der Waals surface area contributed by atoms with Crippen molar-refractivity contribution in [2.45, 2.75) is 44.9 Å². The largest absolute Gasteiger partial charge is 0.326 e. The monoisotopic (exact) mass is 348 g/mol. The summed E-state index contributed by atoms with van der Waals surface area (Å²) in [5.74, 6) is 0.109. The summed E-state index contributed by atoms with van der Waals surface area (Å²) in [5.41, 5.74) is 5.37. The fourth-order valence-electron chi connectivity index (χ4n) is 4.21. The minimum absolute atomic E-state index is 0.0328. The molecule has 0 saturated heterocycles. The van der Waals surface area contributed by atoms with Gasteiger partial charge in [0.1, 0.15) is 0 Å². The first-order valence-corrected chi connectivity index (χ1v) is 9.49. The van der Waals surface area contributed by atoms with Crippen LogP contribution in [0.3, 0.4) is 0 Å². The highest BCUT2D eigenvalue weighted by Gasteiger charge is 2.30. The molecule has 134 valence electrons. The molecule has 4 nitrogen and oxygen atoms in total. The lowest BCUT2D eigenvalue weighted by Crippen LogP contribution is -2.39. The molecule has 2 aromatic rings. The summed E-state index contributed by atoms with van der Waals surface area (Å²) >= 11 is 0. The van der Waals surface area contributed by atoms with Crippen LogP contribution >= 0.6 is 0 Å². The topological polar surface area (TPSA) is 49.4 Å². The second-order valence-corrected chi connectivity index (χ2v) is 7.15. The molecule has 4 rings (SSSR count). The molecule has 0 saturated carbocycles. The number of benzene rings is 2. The molecule has 2 aromatic carbocycles. The van der Waals surface area contributed by atoms with Gasteiger partial charge in [-0.1, -0.05) is 37.3 Å². The molecule has 0 radical (unpaired) electrons. The van der Waals surface area contributed by atoms with Gasteiger partial charge in [-0.15, -0.1) is 0 Å². The van der Waals surface area contributed by atoms with Gasteiger partial charge in [0.2, 0.25) is 11.8 Å². The first kappa shape index (κ1) is 16.8. The summed E-state index contributed by atoms with van der Waals surface area (Å²) in [7, 11) is 0. The van der Waals surface area contributed by atoms with Gasteiger partial charge >= 0.3 is 0 Å². The van der Waals surface area contributed by atoms with Gasteiger partial charge in [-0.25, -0.2) is 0 Å². The number of anilines is 2. The Bertz CT molecular complexity index is 827. The Labute approximate surface area is 154 Å². The van der Waals surface area contributed by atoms with Crippen molar-refractivity contribution in [2.75, 3.05) is 16.8 Å². The summed E-state index contributed by atoms with van der Waals surface area (Å²) < 4.78 is 0. The van der Waals surface area contributed by atoms with Crippen molar-refractivity contribution in [1.82, 2.24) is 0 Å². The van der Waals surface area contributed by atoms with Crippen LogP contribution in [0.15, 0.2) is 42.5 Å². The van der Waals surface area contributed by atoms with Gasteiger partial charge in [-0.05, 0) is 54.5 Å². The summed E-state index contributed by atoms with van der Waals surface area (Å²) in [6.07, 6.45) is 4.03. The molecular formula is C22H24N2O2. The molecule has 1 N–H and O–H groups in total. The third-order valence-corrected chi connectivity index (χ3v) is 5.47. The highest BCUT2D eigenvalue weighted by molar-refractivity contribution is 6.00. The van der Waals surface area contributed by atoms with E-state index in [0.29, 0.717) is 6.42 Å². The van der Waals surface area contributed by atoms with E-state index >= 15 is 0 Å². The maximum Gasteiger partial charge on any atom is 0.231 e. The SMILES string of the molecule is CCC(C(=O)Nc1cc2c3c(c1)CCC(=O)N3CCC2)c1ccccc1. The zero-order valence-electron chi connectivity index (χ0n) is 15.1. The summed E-state index contributed by atoms with van der Waals surface area (Å²) in [6, 6.07) is 14.0. The lowest BCUT2D eigenvalue weighted by atomic mass is 9.90. The first-order chi connectivity index (χ1) is 12.7. The molecule has 1 unspecified atom stereocenters. The highest BCUT2D eigenvalue weighted by atomic mass is 16.2. The van der Waals surface area contributed by atoms with Crippen LogP contribution in [-0.2, 0) is 22.4 Å². The zero-order chi connectivity index (χ0) is 18.1. The van der Waals surface area contributed by atoms with E-state index in [2.05, 4.69) is 17.4 Å². The number of carbonyl (C=O) groups excluding carboxylic acids is 2. The summed E-state index contributed by atoms with van der Waals surface area (Å²) in [5, 5.41) is 3.12. The van der Waals surface area contributed by atoms with Crippen molar-refractivity contribution in [3.63, 3.8) is 0 Å². The zero-order valence-corrected chi connectivity index (χ0v) is 15.1. The Hall–Kier alpha value is -2.62. The van der Waals surface area contributed by atoms with Crippen molar-refractivity contribution in [3.8, 4) is 0 Å². The maximum absolute atomic E-state index is 12.9. The van der Waals surface area contributed by atoms with Crippen LogP contribution in [0.5, 0.6) is 0 Å². The average molecular weight is 348 g/mol. The number of nitrogens with one attached hydrogen (secondary N) is 1. The number of carbonyl (C=O) groups is 2. The van der Waals surface area contributed by atoms with E-state index in [1.807, 2.05) is 42.2 Å². The Morgan fingerprint density at radius 2 is 1.85 bits per heavy atom. The lowest BCUT2D eigenvalue weighted by molar-refractivity contribution is -0.119. The van der Waals surface area contributed by atoms with Crippen molar-refractivity contribution in [1.29, 1.82) is 0 Å². The van der Waals surface area contributed by atoms with Gasteiger partial charge in [0.05, 0.1) is 11.6 Å². The lowest BCUT2D eigenvalue weighted by Gasteiger charge is -2.35. The second-order valence-electron chi connectivity index (χ2n) is 7.15. The Morgan fingerprint density at radius 1 is 1.12 bits per heavy atom. The van der Waals surface area contributed by atoms with Gasteiger partial charge in [0.25, 0.3) is 0 Å². The first-order valence-electron chi connectivity index (χ1n) is 9.49. The predicted molar refractivity (Wildman–Crippen MR) is 104 cm³/mol. The number of nitrogens with zero attached hydrogens (tertiary/aromatic N) is 1. The van der Waals surface area contributed by atoms with E-state index in [4.69, 9.17) is 0 Å². The molecule has 4 heteroatoms. The van der Waals surface area contributed by atoms with E-state index in [1.54, 1.807) is 0 Å². The molecule has 2 heterocycles. The van der Waals surface area contributed by atoms with Crippen LogP contribution in [0, 0.1) is 0 Å². The molecule has 1 atom stereocenters. The standard InChI is InChI=1S/C22H24N2O2/c1-2-19(15-7-4-3-5-8-15)22(26)23-18-13-16-9-6-12-24-20(25)11-10-17(14-18)21(16)24/h3-5,7-8,13-14,19H,2,6,9-12H2,1H3,(H,23,26). The number of hydrogen-bond donors (Lipinski definition) is 1. The molecule has 0 spiro atoms. The maximum atomic E-state index is 12.9. The van der Waals surface area contributed by atoms with E-state index in [-0.39, 0.29) is 17.7 Å². The fourth-order valence-corrected chi connectivity index (χ4v) is 4.21. The average Bonchev–Trinajstić information content (AvgIpc) is 2.66. The second kappa shape index (κ2) is 6.94. The molecular weight excluding hydrogens is 324 g/mol. The van der Waals surface area contributed by atoms with Crippen LogP contribution in [0.4, 0.5) is 11.4 Å². The quantitative estimate of drug-likeness (QED) is 0.906. The molecule has 0 bridgehead atoms. The van der Waals surface area contributed by atoms with Gasteiger partial charge in [0.15, 0.2) is 0 Å². The molecule has 0 aromatic heterocycles. The molecule has 2 aliphatic rings. The number of aryl methyl sites for hydroxylation is 2. The van der Waals surface area contributed by atoms with E-state index in [0.717, 1.165) is 49.2 Å². The van der Waals surface area contributed by atoms with E-state index in [9.17, 15) is 9.59 Å². The highest BCUT2D eigenvalue weighted by Crippen LogP contribution is 2.38. The third kappa shape index (κ3) is 3.00. The van der Waals surface area contributed by atoms with E-state index in [1.165, 1.54) is 11.1 Å². The van der Waals surface area contributed by atoms with Crippen LogP contribution in [-0.4, -0.2) is 18.4 Å².